The van der Waals surface area contributed by atoms with Crippen molar-refractivity contribution in [1.82, 2.24) is 4.98 Å². The standard InChI is InChI=1S/C12H11BrN2OS/c1-8-3-5-17-10(8)7-12(16)15-11-6-9(13)2-4-14-11/h2-6H,7H2,1H3,(H,14,15,16). The molecule has 0 aromatic carbocycles. The maximum atomic E-state index is 11.8. The van der Waals surface area contributed by atoms with Gasteiger partial charge in [0.05, 0.1) is 6.42 Å². The molecular weight excluding hydrogens is 300 g/mol. The number of rotatable bonds is 3. The lowest BCUT2D eigenvalue weighted by molar-refractivity contribution is -0.115. The van der Waals surface area contributed by atoms with E-state index in [0.717, 1.165) is 14.9 Å². The number of hydrogen-bond acceptors (Lipinski definition) is 3. The van der Waals surface area contributed by atoms with Gasteiger partial charge < -0.3 is 5.32 Å². The Balaban J connectivity index is 2.01. The molecular formula is C12H11BrN2OS. The molecule has 3 nitrogen and oxygen atoms in total. The molecule has 0 radical (unpaired) electrons. The first-order chi connectivity index (χ1) is 8.15. The molecule has 0 atom stereocenters. The highest BCUT2D eigenvalue weighted by Gasteiger charge is 2.08. The van der Waals surface area contributed by atoms with Gasteiger partial charge in [-0.1, -0.05) is 15.9 Å². The zero-order valence-electron chi connectivity index (χ0n) is 9.24. The molecule has 0 bridgehead atoms. The molecule has 2 aromatic heterocycles. The van der Waals surface area contributed by atoms with Crippen LogP contribution in [0.2, 0.25) is 0 Å². The van der Waals surface area contributed by atoms with Crippen molar-refractivity contribution >= 4 is 39.0 Å². The first kappa shape index (κ1) is 12.3. The minimum absolute atomic E-state index is 0.0406. The number of amides is 1. The number of nitrogens with zero attached hydrogens (tertiary/aromatic N) is 1. The lowest BCUT2D eigenvalue weighted by atomic mass is 10.2. The first-order valence-electron chi connectivity index (χ1n) is 5.09. The Morgan fingerprint density at radius 2 is 2.35 bits per heavy atom. The van der Waals surface area contributed by atoms with Crippen LogP contribution in [0.4, 0.5) is 5.82 Å². The maximum Gasteiger partial charge on any atom is 0.230 e. The molecule has 0 fully saturated rings. The van der Waals surface area contributed by atoms with Crippen LogP contribution in [0.5, 0.6) is 0 Å². The van der Waals surface area contributed by atoms with Crippen LogP contribution in [-0.2, 0) is 11.2 Å². The fourth-order valence-electron chi connectivity index (χ4n) is 1.39. The van der Waals surface area contributed by atoms with Crippen LogP contribution in [0.25, 0.3) is 0 Å². The minimum atomic E-state index is -0.0406. The van der Waals surface area contributed by atoms with Crippen molar-refractivity contribution in [1.29, 1.82) is 0 Å². The average Bonchev–Trinajstić information content (AvgIpc) is 2.64. The molecule has 0 aliphatic heterocycles. The fraction of sp³-hybridized carbons (Fsp3) is 0.167. The van der Waals surface area contributed by atoms with E-state index in [9.17, 15) is 4.79 Å². The van der Waals surface area contributed by atoms with E-state index in [-0.39, 0.29) is 5.91 Å². The Kier molecular flexibility index (Phi) is 3.91. The second kappa shape index (κ2) is 5.42. The summed E-state index contributed by atoms with van der Waals surface area (Å²) in [6.45, 7) is 2.01. The van der Waals surface area contributed by atoms with E-state index in [1.165, 1.54) is 0 Å². The summed E-state index contributed by atoms with van der Waals surface area (Å²) in [6, 6.07) is 5.61. The zero-order valence-corrected chi connectivity index (χ0v) is 11.6. The number of nitrogens with one attached hydrogen (secondary N) is 1. The minimum Gasteiger partial charge on any atom is -0.310 e. The third-order valence-electron chi connectivity index (χ3n) is 2.28. The van der Waals surface area contributed by atoms with Crippen molar-refractivity contribution in [2.24, 2.45) is 0 Å². The molecule has 1 amide bonds. The number of carbonyl (C=O) groups is 1. The Morgan fingerprint density at radius 1 is 1.53 bits per heavy atom. The predicted molar refractivity (Wildman–Crippen MR) is 73.3 cm³/mol. The van der Waals surface area contributed by atoms with Crippen LogP contribution in [-0.4, -0.2) is 10.9 Å². The number of anilines is 1. The topological polar surface area (TPSA) is 42.0 Å². The fourth-order valence-corrected chi connectivity index (χ4v) is 2.63. The molecule has 0 unspecified atom stereocenters. The van der Waals surface area contributed by atoms with Crippen molar-refractivity contribution in [3.05, 3.63) is 44.7 Å². The number of halogens is 1. The molecule has 17 heavy (non-hydrogen) atoms. The monoisotopic (exact) mass is 310 g/mol. The van der Waals surface area contributed by atoms with Gasteiger partial charge in [0, 0.05) is 15.5 Å². The molecule has 5 heteroatoms. The van der Waals surface area contributed by atoms with Crippen molar-refractivity contribution < 1.29 is 4.79 Å². The van der Waals surface area contributed by atoms with Crippen molar-refractivity contribution in [2.75, 3.05) is 5.32 Å². The van der Waals surface area contributed by atoms with Gasteiger partial charge in [-0.25, -0.2) is 4.98 Å². The van der Waals surface area contributed by atoms with Gasteiger partial charge in [-0.2, -0.15) is 0 Å². The molecule has 1 N–H and O–H groups in total. The van der Waals surface area contributed by atoms with Gasteiger partial charge in [-0.15, -0.1) is 11.3 Å². The van der Waals surface area contributed by atoms with Gasteiger partial charge in [0.2, 0.25) is 5.91 Å². The number of hydrogen-bond donors (Lipinski definition) is 1. The third-order valence-corrected chi connectivity index (χ3v) is 3.80. The lowest BCUT2D eigenvalue weighted by Gasteiger charge is -2.04. The summed E-state index contributed by atoms with van der Waals surface area (Å²) in [4.78, 5) is 17.0. The number of carbonyl (C=O) groups excluding carboxylic acids is 1. The second-order valence-corrected chi connectivity index (χ2v) is 5.53. The average molecular weight is 311 g/mol. The quantitative estimate of drug-likeness (QED) is 0.944. The van der Waals surface area contributed by atoms with Gasteiger partial charge >= 0.3 is 0 Å². The first-order valence-corrected chi connectivity index (χ1v) is 6.77. The second-order valence-electron chi connectivity index (χ2n) is 3.61. The summed E-state index contributed by atoms with van der Waals surface area (Å²) in [5.41, 5.74) is 1.16. The molecule has 0 aliphatic rings. The summed E-state index contributed by atoms with van der Waals surface area (Å²) in [5.74, 6) is 0.528. The van der Waals surface area contributed by atoms with Gasteiger partial charge in [-0.05, 0) is 36.1 Å². The summed E-state index contributed by atoms with van der Waals surface area (Å²) in [5, 5.41) is 4.77. The molecule has 0 saturated carbocycles. The van der Waals surface area contributed by atoms with Crippen LogP contribution >= 0.6 is 27.3 Å². The predicted octanol–water partition coefficient (Wildman–Crippen LogP) is 3.40. The number of pyridine rings is 1. The van der Waals surface area contributed by atoms with Crippen LogP contribution in [0.3, 0.4) is 0 Å². The van der Waals surface area contributed by atoms with Gasteiger partial charge in [0.25, 0.3) is 0 Å². The third kappa shape index (κ3) is 3.38. The van der Waals surface area contributed by atoms with Gasteiger partial charge in [0.15, 0.2) is 0 Å². The summed E-state index contributed by atoms with van der Waals surface area (Å²) < 4.78 is 0.898. The van der Waals surface area contributed by atoms with Crippen LogP contribution in [0.1, 0.15) is 10.4 Å². The molecule has 2 rings (SSSR count). The van der Waals surface area contributed by atoms with Crippen molar-refractivity contribution in [3.8, 4) is 0 Å². The van der Waals surface area contributed by atoms with Gasteiger partial charge in [0.1, 0.15) is 5.82 Å². The van der Waals surface area contributed by atoms with E-state index in [0.29, 0.717) is 12.2 Å². The van der Waals surface area contributed by atoms with E-state index in [1.54, 1.807) is 23.6 Å². The molecule has 2 aromatic rings. The van der Waals surface area contributed by atoms with E-state index in [4.69, 9.17) is 0 Å². The summed E-state index contributed by atoms with van der Waals surface area (Å²) in [6.07, 6.45) is 2.05. The Morgan fingerprint density at radius 3 is 3.00 bits per heavy atom. The van der Waals surface area contributed by atoms with E-state index in [1.807, 2.05) is 24.4 Å². The SMILES string of the molecule is Cc1ccsc1CC(=O)Nc1cc(Br)ccn1. The van der Waals surface area contributed by atoms with Crippen LogP contribution in [0, 0.1) is 6.92 Å². The highest BCUT2D eigenvalue weighted by atomic mass is 79.9. The van der Waals surface area contributed by atoms with Crippen LogP contribution < -0.4 is 5.32 Å². The van der Waals surface area contributed by atoms with Gasteiger partial charge in [-0.3, -0.25) is 4.79 Å². The number of aryl methyl sites for hydroxylation is 1. The molecule has 2 heterocycles. The molecule has 0 spiro atoms. The Labute approximate surface area is 112 Å². The summed E-state index contributed by atoms with van der Waals surface area (Å²) >= 11 is 4.94. The molecule has 0 aliphatic carbocycles. The number of aromatic nitrogens is 1. The Hall–Kier alpha value is -1.20. The highest BCUT2D eigenvalue weighted by Crippen LogP contribution is 2.17. The van der Waals surface area contributed by atoms with E-state index < -0.39 is 0 Å². The smallest absolute Gasteiger partial charge is 0.230 e. The number of thiophene rings is 1. The van der Waals surface area contributed by atoms with Crippen molar-refractivity contribution in [2.45, 2.75) is 13.3 Å². The summed E-state index contributed by atoms with van der Waals surface area (Å²) in [7, 11) is 0. The largest absolute Gasteiger partial charge is 0.310 e. The molecule has 0 saturated heterocycles. The van der Waals surface area contributed by atoms with E-state index >= 15 is 0 Å². The normalized spacial score (nSPS) is 10.2. The zero-order chi connectivity index (χ0) is 12.3. The highest BCUT2D eigenvalue weighted by molar-refractivity contribution is 9.10. The maximum absolute atomic E-state index is 11.8. The molecule has 88 valence electrons. The van der Waals surface area contributed by atoms with Crippen molar-refractivity contribution in [3.63, 3.8) is 0 Å². The lowest BCUT2D eigenvalue weighted by Crippen LogP contribution is -2.15. The van der Waals surface area contributed by atoms with E-state index in [2.05, 4.69) is 26.2 Å². The Bertz CT molecular complexity index is 539. The van der Waals surface area contributed by atoms with Crippen LogP contribution in [0.15, 0.2) is 34.2 Å².